The Bertz CT molecular complexity index is 757. The summed E-state index contributed by atoms with van der Waals surface area (Å²) in [6.45, 7) is 8.75. The Kier molecular flexibility index (Phi) is 4.16. The molecule has 4 nitrogen and oxygen atoms in total. The molecule has 0 aliphatic carbocycles. The second-order valence-electron chi connectivity index (χ2n) is 5.61. The van der Waals surface area contributed by atoms with Crippen LogP contribution in [0.1, 0.15) is 43.5 Å². The van der Waals surface area contributed by atoms with E-state index in [1.807, 2.05) is 26.0 Å². The molecule has 0 amide bonds. The molecule has 0 unspecified atom stereocenters. The lowest BCUT2D eigenvalue weighted by Crippen LogP contribution is -2.22. The number of nitrogens with zero attached hydrogens (tertiary/aromatic N) is 1. The summed E-state index contributed by atoms with van der Waals surface area (Å²) in [6, 6.07) is 5.70. The van der Waals surface area contributed by atoms with Gasteiger partial charge in [-0.15, -0.1) is 0 Å². The van der Waals surface area contributed by atoms with Gasteiger partial charge in [-0.3, -0.25) is 9.59 Å². The molecule has 2 rings (SSSR count). The second-order valence-corrected chi connectivity index (χ2v) is 5.61. The van der Waals surface area contributed by atoms with E-state index < -0.39 is 5.97 Å². The van der Waals surface area contributed by atoms with E-state index >= 15 is 0 Å². The highest BCUT2D eigenvalue weighted by molar-refractivity contribution is 5.85. The van der Waals surface area contributed by atoms with Gasteiger partial charge in [0.1, 0.15) is 0 Å². The molecule has 2 aromatic rings. The van der Waals surface area contributed by atoms with Crippen LogP contribution in [0.4, 0.5) is 0 Å². The Hall–Kier alpha value is -2.10. The number of aryl methyl sites for hydroxylation is 1. The molecule has 112 valence electrons. The van der Waals surface area contributed by atoms with Crippen LogP contribution in [0.15, 0.2) is 23.0 Å². The lowest BCUT2D eigenvalue weighted by atomic mass is 9.96. The molecule has 21 heavy (non-hydrogen) atoms. The molecule has 0 radical (unpaired) electrons. The number of rotatable bonds is 4. The fourth-order valence-electron chi connectivity index (χ4n) is 2.92. The summed E-state index contributed by atoms with van der Waals surface area (Å²) in [7, 11) is 0. The number of pyridine rings is 1. The lowest BCUT2D eigenvalue weighted by molar-refractivity contribution is -0.136. The van der Waals surface area contributed by atoms with E-state index in [0.29, 0.717) is 23.4 Å². The van der Waals surface area contributed by atoms with E-state index in [9.17, 15) is 9.59 Å². The molecule has 4 heteroatoms. The largest absolute Gasteiger partial charge is 0.481 e. The van der Waals surface area contributed by atoms with Crippen LogP contribution in [0.3, 0.4) is 0 Å². The summed E-state index contributed by atoms with van der Waals surface area (Å²) in [6.07, 6.45) is -0.230. The predicted octanol–water partition coefficient (Wildman–Crippen LogP) is 3.08. The van der Waals surface area contributed by atoms with Crippen molar-refractivity contribution in [1.82, 2.24) is 4.57 Å². The van der Waals surface area contributed by atoms with Crippen molar-refractivity contribution >= 4 is 16.9 Å². The first-order valence-electron chi connectivity index (χ1n) is 7.25. The van der Waals surface area contributed by atoms with Gasteiger partial charge >= 0.3 is 5.97 Å². The van der Waals surface area contributed by atoms with Gasteiger partial charge in [-0.2, -0.15) is 0 Å². The van der Waals surface area contributed by atoms with Crippen molar-refractivity contribution in [3.8, 4) is 0 Å². The molecule has 0 saturated heterocycles. The van der Waals surface area contributed by atoms with Gasteiger partial charge in [-0.25, -0.2) is 0 Å². The fourth-order valence-corrected chi connectivity index (χ4v) is 2.92. The third kappa shape index (κ3) is 2.58. The smallest absolute Gasteiger partial charge is 0.308 e. The van der Waals surface area contributed by atoms with Crippen LogP contribution in [0.5, 0.6) is 0 Å². The summed E-state index contributed by atoms with van der Waals surface area (Å²) in [5.41, 5.74) is 3.04. The van der Waals surface area contributed by atoms with Gasteiger partial charge in [-0.05, 0) is 31.4 Å². The molecule has 0 saturated carbocycles. The molecule has 0 bridgehead atoms. The molecule has 1 aromatic carbocycles. The molecule has 0 aliphatic heterocycles. The minimum Gasteiger partial charge on any atom is -0.481 e. The third-order valence-corrected chi connectivity index (χ3v) is 3.96. The summed E-state index contributed by atoms with van der Waals surface area (Å²) in [5.74, 6) is -0.673. The van der Waals surface area contributed by atoms with E-state index in [1.165, 1.54) is 0 Å². The topological polar surface area (TPSA) is 59.3 Å². The quantitative estimate of drug-likeness (QED) is 0.940. The Morgan fingerprint density at radius 1 is 1.33 bits per heavy atom. The number of carboxylic acids is 1. The zero-order chi connectivity index (χ0) is 15.7. The standard InChI is InChI=1S/C17H21NO3/c1-5-18-11(4)14(9-15(19)20)17(21)13-8-6-7-12(10(2)3)16(13)18/h6-8,10H,5,9H2,1-4H3,(H,19,20). The molecule has 1 aromatic heterocycles. The molecule has 0 fully saturated rings. The summed E-state index contributed by atoms with van der Waals surface area (Å²) < 4.78 is 2.06. The Morgan fingerprint density at radius 2 is 2.00 bits per heavy atom. The lowest BCUT2D eigenvalue weighted by Gasteiger charge is -2.20. The van der Waals surface area contributed by atoms with E-state index in [-0.39, 0.29) is 11.8 Å². The van der Waals surface area contributed by atoms with Gasteiger partial charge in [0, 0.05) is 23.2 Å². The van der Waals surface area contributed by atoms with Crippen LogP contribution in [0.2, 0.25) is 0 Å². The molecular weight excluding hydrogens is 266 g/mol. The first kappa shape index (κ1) is 15.3. The first-order chi connectivity index (χ1) is 9.88. The number of aromatic nitrogens is 1. The van der Waals surface area contributed by atoms with E-state index in [2.05, 4.69) is 18.4 Å². The number of fused-ring (bicyclic) bond motifs is 1. The number of benzene rings is 1. The van der Waals surface area contributed by atoms with E-state index in [4.69, 9.17) is 5.11 Å². The fraction of sp³-hybridized carbons (Fsp3) is 0.412. The van der Waals surface area contributed by atoms with Crippen LogP contribution < -0.4 is 5.43 Å². The van der Waals surface area contributed by atoms with Gasteiger partial charge in [0.2, 0.25) is 0 Å². The Morgan fingerprint density at radius 3 is 2.52 bits per heavy atom. The molecule has 1 heterocycles. The highest BCUT2D eigenvalue weighted by Gasteiger charge is 2.18. The predicted molar refractivity (Wildman–Crippen MR) is 84.0 cm³/mol. The van der Waals surface area contributed by atoms with Crippen molar-refractivity contribution in [2.24, 2.45) is 0 Å². The number of hydrogen-bond acceptors (Lipinski definition) is 2. The van der Waals surface area contributed by atoms with E-state index in [0.717, 1.165) is 16.8 Å². The number of hydrogen-bond donors (Lipinski definition) is 1. The zero-order valence-electron chi connectivity index (χ0n) is 12.9. The van der Waals surface area contributed by atoms with Crippen LogP contribution >= 0.6 is 0 Å². The van der Waals surface area contributed by atoms with Gasteiger partial charge in [0.15, 0.2) is 5.43 Å². The molecule has 0 spiro atoms. The maximum atomic E-state index is 12.7. The van der Waals surface area contributed by atoms with Crippen LogP contribution in [-0.2, 0) is 17.8 Å². The van der Waals surface area contributed by atoms with Crippen molar-refractivity contribution in [2.45, 2.75) is 46.6 Å². The van der Waals surface area contributed by atoms with Crippen molar-refractivity contribution < 1.29 is 9.90 Å². The van der Waals surface area contributed by atoms with Crippen LogP contribution in [0.25, 0.3) is 10.9 Å². The molecule has 1 N–H and O–H groups in total. The zero-order valence-corrected chi connectivity index (χ0v) is 12.9. The van der Waals surface area contributed by atoms with Crippen molar-refractivity contribution in [3.05, 3.63) is 45.2 Å². The van der Waals surface area contributed by atoms with Gasteiger partial charge in [-0.1, -0.05) is 26.0 Å². The minimum absolute atomic E-state index is 0.155. The van der Waals surface area contributed by atoms with E-state index in [1.54, 1.807) is 6.07 Å². The average molecular weight is 287 g/mol. The Balaban J connectivity index is 2.96. The number of para-hydroxylation sites is 1. The van der Waals surface area contributed by atoms with Crippen LogP contribution in [0, 0.1) is 6.92 Å². The minimum atomic E-state index is -0.975. The van der Waals surface area contributed by atoms with Gasteiger partial charge in [0.05, 0.1) is 11.9 Å². The maximum Gasteiger partial charge on any atom is 0.308 e. The van der Waals surface area contributed by atoms with Crippen molar-refractivity contribution in [3.63, 3.8) is 0 Å². The monoisotopic (exact) mass is 287 g/mol. The maximum absolute atomic E-state index is 12.7. The summed E-state index contributed by atoms with van der Waals surface area (Å²) >= 11 is 0. The summed E-state index contributed by atoms with van der Waals surface area (Å²) in [5, 5.41) is 9.66. The highest BCUT2D eigenvalue weighted by atomic mass is 16.4. The number of carbonyl (C=O) groups is 1. The molecular formula is C17H21NO3. The molecule has 0 aliphatic rings. The van der Waals surface area contributed by atoms with Crippen LogP contribution in [-0.4, -0.2) is 15.6 Å². The van der Waals surface area contributed by atoms with Gasteiger partial charge < -0.3 is 9.67 Å². The SMILES string of the molecule is CCn1c(C)c(CC(=O)O)c(=O)c2cccc(C(C)C)c21. The Labute approximate surface area is 124 Å². The average Bonchev–Trinajstić information content (AvgIpc) is 2.43. The summed E-state index contributed by atoms with van der Waals surface area (Å²) in [4.78, 5) is 23.7. The second kappa shape index (κ2) is 5.72. The normalized spacial score (nSPS) is 11.3. The van der Waals surface area contributed by atoms with Crippen molar-refractivity contribution in [1.29, 1.82) is 0 Å². The first-order valence-corrected chi connectivity index (χ1v) is 7.25. The number of carboxylic acid groups (broad SMARTS) is 1. The third-order valence-electron chi connectivity index (χ3n) is 3.96. The highest BCUT2D eigenvalue weighted by Crippen LogP contribution is 2.26. The number of aliphatic carboxylic acids is 1. The molecule has 0 atom stereocenters. The van der Waals surface area contributed by atoms with Crippen molar-refractivity contribution in [2.75, 3.05) is 0 Å². The van der Waals surface area contributed by atoms with Gasteiger partial charge in [0.25, 0.3) is 0 Å².